The summed E-state index contributed by atoms with van der Waals surface area (Å²) in [7, 11) is 1.21. The third-order valence-electron chi connectivity index (χ3n) is 2.96. The summed E-state index contributed by atoms with van der Waals surface area (Å²) >= 11 is 0. The number of esters is 1. The fraction of sp³-hybridized carbons (Fsp3) is 0.385. The van der Waals surface area contributed by atoms with Gasteiger partial charge < -0.3 is 10.1 Å². The van der Waals surface area contributed by atoms with Crippen molar-refractivity contribution in [1.82, 2.24) is 10.2 Å². The highest BCUT2D eigenvalue weighted by atomic mass is 19.1. The minimum atomic E-state index is -0.693. The second-order valence-corrected chi connectivity index (χ2v) is 4.37. The number of amides is 1. The molecule has 1 amide bonds. The Kier molecular flexibility index (Phi) is 4.11. The van der Waals surface area contributed by atoms with Crippen LogP contribution < -0.4 is 5.32 Å². The highest BCUT2D eigenvalue weighted by Gasteiger charge is 2.17. The second-order valence-electron chi connectivity index (χ2n) is 4.37. The number of carbonyl (C=O) groups is 2. The molecule has 0 spiro atoms. The number of hydrogen-bond donors (Lipinski definition) is 1. The molecule has 1 heterocycles. The van der Waals surface area contributed by atoms with Crippen molar-refractivity contribution in [2.24, 2.45) is 0 Å². The Bertz CT molecular complexity index is 505. The van der Waals surface area contributed by atoms with Crippen LogP contribution in [0.1, 0.15) is 15.9 Å². The minimum Gasteiger partial charge on any atom is -0.465 e. The lowest BCUT2D eigenvalue weighted by Crippen LogP contribution is -2.47. The Labute approximate surface area is 110 Å². The molecule has 1 fully saturated rings. The fourth-order valence-electron chi connectivity index (χ4n) is 2.02. The van der Waals surface area contributed by atoms with Crippen LogP contribution in [0.3, 0.4) is 0 Å². The fourth-order valence-corrected chi connectivity index (χ4v) is 2.02. The summed E-state index contributed by atoms with van der Waals surface area (Å²) in [6.45, 7) is 2.11. The van der Waals surface area contributed by atoms with E-state index in [2.05, 4.69) is 10.1 Å². The second kappa shape index (κ2) is 5.79. The zero-order valence-corrected chi connectivity index (χ0v) is 10.6. The topological polar surface area (TPSA) is 58.6 Å². The summed E-state index contributed by atoms with van der Waals surface area (Å²) < 4.78 is 18.2. The van der Waals surface area contributed by atoms with E-state index in [-0.39, 0.29) is 11.5 Å². The SMILES string of the molecule is COC(=O)c1ccc(CN2CCNC(=O)C2)cc1F. The summed E-state index contributed by atoms with van der Waals surface area (Å²) in [6, 6.07) is 4.38. The summed E-state index contributed by atoms with van der Waals surface area (Å²) in [5.41, 5.74) is 0.641. The molecule has 1 saturated heterocycles. The van der Waals surface area contributed by atoms with Gasteiger partial charge in [-0.05, 0) is 17.7 Å². The molecule has 102 valence electrons. The van der Waals surface area contributed by atoms with Crippen molar-refractivity contribution < 1.29 is 18.7 Å². The first-order chi connectivity index (χ1) is 9.10. The van der Waals surface area contributed by atoms with Crippen LogP contribution in [-0.4, -0.2) is 43.5 Å². The molecule has 0 saturated carbocycles. The monoisotopic (exact) mass is 266 g/mol. The van der Waals surface area contributed by atoms with Gasteiger partial charge in [-0.2, -0.15) is 0 Å². The highest BCUT2D eigenvalue weighted by molar-refractivity contribution is 5.89. The van der Waals surface area contributed by atoms with Crippen molar-refractivity contribution in [2.45, 2.75) is 6.54 Å². The maximum atomic E-state index is 13.7. The number of methoxy groups -OCH3 is 1. The number of carbonyl (C=O) groups excluding carboxylic acids is 2. The molecule has 0 atom stereocenters. The Morgan fingerprint density at radius 2 is 2.32 bits per heavy atom. The first-order valence-corrected chi connectivity index (χ1v) is 5.96. The van der Waals surface area contributed by atoms with E-state index in [1.807, 2.05) is 4.90 Å². The van der Waals surface area contributed by atoms with Crippen LogP contribution in [0.5, 0.6) is 0 Å². The Morgan fingerprint density at radius 3 is 2.95 bits per heavy atom. The predicted octanol–water partition coefficient (Wildman–Crippen LogP) is 0.544. The summed E-state index contributed by atoms with van der Waals surface area (Å²) in [6.07, 6.45) is 0. The van der Waals surface area contributed by atoms with Crippen LogP contribution in [0.15, 0.2) is 18.2 Å². The molecule has 1 N–H and O–H groups in total. The number of hydrogen-bond acceptors (Lipinski definition) is 4. The summed E-state index contributed by atoms with van der Waals surface area (Å²) in [5, 5.41) is 2.72. The van der Waals surface area contributed by atoms with E-state index in [0.717, 1.165) is 12.1 Å². The first kappa shape index (κ1) is 13.5. The van der Waals surface area contributed by atoms with Crippen molar-refractivity contribution in [3.05, 3.63) is 35.1 Å². The van der Waals surface area contributed by atoms with Crippen molar-refractivity contribution in [2.75, 3.05) is 26.7 Å². The molecule has 1 aromatic carbocycles. The number of rotatable bonds is 3. The van der Waals surface area contributed by atoms with Gasteiger partial charge in [0.25, 0.3) is 0 Å². The molecule has 5 nitrogen and oxygen atoms in total. The zero-order valence-electron chi connectivity index (χ0n) is 10.6. The standard InChI is InChI=1S/C13H15FN2O3/c1-19-13(18)10-3-2-9(6-11(10)14)7-16-5-4-15-12(17)8-16/h2-3,6H,4-5,7-8H2,1H3,(H,15,17). The molecule has 0 aromatic heterocycles. The molecule has 0 radical (unpaired) electrons. The van der Waals surface area contributed by atoms with Gasteiger partial charge in [0, 0.05) is 19.6 Å². The minimum absolute atomic E-state index is 0.0297. The maximum absolute atomic E-state index is 13.7. The molecule has 1 aliphatic heterocycles. The molecular formula is C13H15FN2O3. The zero-order chi connectivity index (χ0) is 13.8. The maximum Gasteiger partial charge on any atom is 0.340 e. The van der Waals surface area contributed by atoms with Gasteiger partial charge in [-0.25, -0.2) is 9.18 Å². The molecule has 6 heteroatoms. The Hall–Kier alpha value is -1.95. The van der Waals surface area contributed by atoms with Crippen LogP contribution >= 0.6 is 0 Å². The van der Waals surface area contributed by atoms with E-state index in [4.69, 9.17) is 0 Å². The number of nitrogens with one attached hydrogen (secondary N) is 1. The van der Waals surface area contributed by atoms with Crippen LogP contribution in [-0.2, 0) is 16.1 Å². The van der Waals surface area contributed by atoms with Crippen LogP contribution in [0.2, 0.25) is 0 Å². The number of piperazine rings is 1. The van der Waals surface area contributed by atoms with E-state index in [1.165, 1.54) is 19.2 Å². The van der Waals surface area contributed by atoms with Gasteiger partial charge in [0.05, 0.1) is 19.2 Å². The molecule has 0 aliphatic carbocycles. The lowest BCUT2D eigenvalue weighted by atomic mass is 10.1. The molecule has 2 rings (SSSR count). The lowest BCUT2D eigenvalue weighted by Gasteiger charge is -2.26. The van der Waals surface area contributed by atoms with E-state index in [9.17, 15) is 14.0 Å². The van der Waals surface area contributed by atoms with Gasteiger partial charge in [-0.15, -0.1) is 0 Å². The third-order valence-corrected chi connectivity index (χ3v) is 2.96. The van der Waals surface area contributed by atoms with E-state index in [0.29, 0.717) is 19.6 Å². The normalized spacial score (nSPS) is 16.0. The Morgan fingerprint density at radius 1 is 1.53 bits per heavy atom. The lowest BCUT2D eigenvalue weighted by molar-refractivity contribution is -0.124. The molecule has 0 bridgehead atoms. The highest BCUT2D eigenvalue weighted by Crippen LogP contribution is 2.13. The van der Waals surface area contributed by atoms with Gasteiger partial charge in [0.15, 0.2) is 0 Å². The molecule has 0 unspecified atom stereocenters. The largest absolute Gasteiger partial charge is 0.465 e. The van der Waals surface area contributed by atoms with Crippen LogP contribution in [0.4, 0.5) is 4.39 Å². The summed E-state index contributed by atoms with van der Waals surface area (Å²) in [4.78, 5) is 24.4. The van der Waals surface area contributed by atoms with Crippen LogP contribution in [0, 0.1) is 5.82 Å². The van der Waals surface area contributed by atoms with Gasteiger partial charge >= 0.3 is 5.97 Å². The molecule has 1 aliphatic rings. The molecule has 1 aromatic rings. The predicted molar refractivity (Wildman–Crippen MR) is 66.0 cm³/mol. The van der Waals surface area contributed by atoms with Gasteiger partial charge in [-0.3, -0.25) is 9.69 Å². The molecule has 19 heavy (non-hydrogen) atoms. The summed E-state index contributed by atoms with van der Waals surface area (Å²) in [5.74, 6) is -1.33. The number of halogens is 1. The van der Waals surface area contributed by atoms with Crippen molar-refractivity contribution in [3.63, 3.8) is 0 Å². The van der Waals surface area contributed by atoms with E-state index in [1.54, 1.807) is 6.07 Å². The number of nitrogens with zero attached hydrogens (tertiary/aromatic N) is 1. The van der Waals surface area contributed by atoms with Crippen molar-refractivity contribution >= 4 is 11.9 Å². The van der Waals surface area contributed by atoms with Gasteiger partial charge in [0.2, 0.25) is 5.91 Å². The van der Waals surface area contributed by atoms with Crippen LogP contribution in [0.25, 0.3) is 0 Å². The molecular weight excluding hydrogens is 251 g/mol. The number of ether oxygens (including phenoxy) is 1. The number of benzene rings is 1. The quantitative estimate of drug-likeness (QED) is 0.811. The van der Waals surface area contributed by atoms with Crippen molar-refractivity contribution in [1.29, 1.82) is 0 Å². The van der Waals surface area contributed by atoms with Gasteiger partial charge in [-0.1, -0.05) is 6.07 Å². The van der Waals surface area contributed by atoms with E-state index >= 15 is 0 Å². The first-order valence-electron chi connectivity index (χ1n) is 5.96. The average molecular weight is 266 g/mol. The smallest absolute Gasteiger partial charge is 0.340 e. The Balaban J connectivity index is 2.07. The van der Waals surface area contributed by atoms with Crippen molar-refractivity contribution in [3.8, 4) is 0 Å². The van der Waals surface area contributed by atoms with Gasteiger partial charge in [0.1, 0.15) is 5.82 Å². The van der Waals surface area contributed by atoms with E-state index < -0.39 is 11.8 Å². The average Bonchev–Trinajstić information content (AvgIpc) is 2.38. The third kappa shape index (κ3) is 3.29.